The van der Waals surface area contributed by atoms with Gasteiger partial charge in [-0.2, -0.15) is 0 Å². The lowest BCUT2D eigenvalue weighted by atomic mass is 10.1. The number of nitrogens with one attached hydrogen (secondary N) is 2. The Morgan fingerprint density at radius 3 is 2.80 bits per heavy atom. The quantitative estimate of drug-likeness (QED) is 0.674. The van der Waals surface area contributed by atoms with E-state index in [4.69, 9.17) is 5.11 Å². The Bertz CT molecular complexity index is 752. The number of aliphatic carboxylic acids is 1. The second-order valence-corrected chi connectivity index (χ2v) is 4.26. The molecule has 3 aromatic rings. The molecule has 0 spiro atoms. The Morgan fingerprint density at radius 2 is 2.05 bits per heavy atom. The highest BCUT2D eigenvalue weighted by molar-refractivity contribution is 5.97. The van der Waals surface area contributed by atoms with Gasteiger partial charge in [-0.25, -0.2) is 9.97 Å². The van der Waals surface area contributed by atoms with Crippen LogP contribution in [0, 0.1) is 0 Å². The lowest BCUT2D eigenvalue weighted by Crippen LogP contribution is -2.13. The molecule has 2 heterocycles. The van der Waals surface area contributed by atoms with Crippen LogP contribution in [0.4, 0.5) is 5.82 Å². The molecule has 0 fully saturated rings. The van der Waals surface area contributed by atoms with Crippen molar-refractivity contribution in [2.75, 3.05) is 11.9 Å². The number of rotatable bonds is 4. The summed E-state index contributed by atoms with van der Waals surface area (Å²) in [5.74, 6) is -0.453. The summed E-state index contributed by atoms with van der Waals surface area (Å²) in [4.78, 5) is 22.1. The molecule has 0 aliphatic heterocycles. The highest BCUT2D eigenvalue weighted by Crippen LogP contribution is 2.29. The first kappa shape index (κ1) is 12.2. The highest BCUT2D eigenvalue weighted by atomic mass is 16.4. The van der Waals surface area contributed by atoms with Crippen LogP contribution in [0.25, 0.3) is 22.2 Å². The van der Waals surface area contributed by atoms with E-state index in [9.17, 15) is 4.79 Å². The van der Waals surface area contributed by atoms with Crippen molar-refractivity contribution >= 4 is 22.8 Å². The molecule has 20 heavy (non-hydrogen) atoms. The first-order valence-electron chi connectivity index (χ1n) is 6.09. The van der Waals surface area contributed by atoms with Crippen molar-refractivity contribution in [2.45, 2.75) is 0 Å². The lowest BCUT2D eigenvalue weighted by molar-refractivity contribution is -0.134. The minimum atomic E-state index is -0.938. The van der Waals surface area contributed by atoms with Crippen molar-refractivity contribution in [2.24, 2.45) is 0 Å². The Labute approximate surface area is 114 Å². The number of carbonyl (C=O) groups is 1. The van der Waals surface area contributed by atoms with Gasteiger partial charge in [0.2, 0.25) is 0 Å². The number of anilines is 1. The maximum Gasteiger partial charge on any atom is 0.322 e. The molecule has 1 aromatic carbocycles. The molecule has 2 aromatic heterocycles. The first-order valence-corrected chi connectivity index (χ1v) is 6.09. The molecule has 0 saturated carbocycles. The summed E-state index contributed by atoms with van der Waals surface area (Å²) in [5.41, 5.74) is 3.47. The zero-order valence-corrected chi connectivity index (χ0v) is 10.5. The summed E-state index contributed by atoms with van der Waals surface area (Å²) in [7, 11) is 0. The molecular weight excluding hydrogens is 256 g/mol. The van der Waals surface area contributed by atoms with Gasteiger partial charge in [0.25, 0.3) is 0 Å². The van der Waals surface area contributed by atoms with Crippen LogP contribution in [-0.4, -0.2) is 32.6 Å². The summed E-state index contributed by atoms with van der Waals surface area (Å²) < 4.78 is 0. The number of hydrogen-bond acceptors (Lipinski definition) is 4. The predicted molar refractivity (Wildman–Crippen MR) is 75.5 cm³/mol. The number of aromatic nitrogens is 3. The number of hydrogen-bond donors (Lipinski definition) is 3. The van der Waals surface area contributed by atoms with Crippen molar-refractivity contribution in [1.29, 1.82) is 0 Å². The number of carboxylic acid groups (broad SMARTS) is 1. The van der Waals surface area contributed by atoms with Crippen LogP contribution in [0.3, 0.4) is 0 Å². The molecule has 0 bridgehead atoms. The third-order valence-electron chi connectivity index (χ3n) is 2.96. The molecule has 3 rings (SSSR count). The standard InChI is InChI=1S/C14H12N4O2/c19-11(20)7-16-14-13-12(17-8-18-14)10(6-15-13)9-4-2-1-3-5-9/h1-6,8,15H,7H2,(H,19,20)(H,16,17,18). The number of benzene rings is 1. The molecule has 0 saturated heterocycles. The van der Waals surface area contributed by atoms with Crippen molar-refractivity contribution < 1.29 is 9.90 Å². The second-order valence-electron chi connectivity index (χ2n) is 4.26. The monoisotopic (exact) mass is 268 g/mol. The maximum absolute atomic E-state index is 10.6. The van der Waals surface area contributed by atoms with E-state index in [2.05, 4.69) is 20.3 Å². The Balaban J connectivity index is 2.06. The summed E-state index contributed by atoms with van der Waals surface area (Å²) >= 11 is 0. The number of nitrogens with zero attached hydrogens (tertiary/aromatic N) is 2. The zero-order chi connectivity index (χ0) is 13.9. The largest absolute Gasteiger partial charge is 0.480 e. The van der Waals surface area contributed by atoms with Gasteiger partial charge in [-0.1, -0.05) is 30.3 Å². The Hall–Kier alpha value is -2.89. The third kappa shape index (κ3) is 2.18. The minimum Gasteiger partial charge on any atom is -0.480 e. The molecule has 0 aliphatic rings. The lowest BCUT2D eigenvalue weighted by Gasteiger charge is -2.03. The van der Waals surface area contributed by atoms with Gasteiger partial charge >= 0.3 is 5.97 Å². The van der Waals surface area contributed by atoms with Crippen LogP contribution in [0.2, 0.25) is 0 Å². The Morgan fingerprint density at radius 1 is 1.25 bits per heavy atom. The van der Waals surface area contributed by atoms with Gasteiger partial charge < -0.3 is 15.4 Å². The number of fused-ring (bicyclic) bond motifs is 1. The normalized spacial score (nSPS) is 10.6. The fourth-order valence-corrected chi connectivity index (χ4v) is 2.07. The third-order valence-corrected chi connectivity index (χ3v) is 2.96. The summed E-state index contributed by atoms with van der Waals surface area (Å²) in [6, 6.07) is 9.86. The highest BCUT2D eigenvalue weighted by Gasteiger charge is 2.11. The van der Waals surface area contributed by atoms with Crippen molar-refractivity contribution in [3.05, 3.63) is 42.9 Å². The van der Waals surface area contributed by atoms with Crippen LogP contribution >= 0.6 is 0 Å². The molecule has 100 valence electrons. The van der Waals surface area contributed by atoms with E-state index in [1.54, 1.807) is 0 Å². The van der Waals surface area contributed by atoms with Crippen LogP contribution < -0.4 is 5.32 Å². The van der Waals surface area contributed by atoms with Gasteiger partial charge in [0.1, 0.15) is 23.9 Å². The van der Waals surface area contributed by atoms with Gasteiger partial charge in [-0.15, -0.1) is 0 Å². The summed E-state index contributed by atoms with van der Waals surface area (Å²) in [6.45, 7) is -0.189. The van der Waals surface area contributed by atoms with Crippen LogP contribution in [-0.2, 0) is 4.79 Å². The predicted octanol–water partition coefficient (Wildman–Crippen LogP) is 2.12. The van der Waals surface area contributed by atoms with E-state index >= 15 is 0 Å². The topological polar surface area (TPSA) is 90.9 Å². The van der Waals surface area contributed by atoms with Crippen LogP contribution in [0.1, 0.15) is 0 Å². The van der Waals surface area contributed by atoms with Crippen molar-refractivity contribution in [1.82, 2.24) is 15.0 Å². The van der Waals surface area contributed by atoms with Gasteiger partial charge in [0, 0.05) is 11.8 Å². The van der Waals surface area contributed by atoms with Gasteiger partial charge in [0.15, 0.2) is 5.82 Å². The molecule has 0 aliphatic carbocycles. The van der Waals surface area contributed by atoms with Crippen LogP contribution in [0.5, 0.6) is 0 Å². The number of aromatic amines is 1. The van der Waals surface area contributed by atoms with E-state index in [1.165, 1.54) is 6.33 Å². The van der Waals surface area contributed by atoms with Crippen LogP contribution in [0.15, 0.2) is 42.9 Å². The van der Waals surface area contributed by atoms with E-state index in [0.717, 1.165) is 16.6 Å². The number of carboxylic acids is 1. The van der Waals surface area contributed by atoms with Crippen molar-refractivity contribution in [3.8, 4) is 11.1 Å². The zero-order valence-electron chi connectivity index (χ0n) is 10.5. The van der Waals surface area contributed by atoms with Gasteiger partial charge in [0.05, 0.1) is 0 Å². The average molecular weight is 268 g/mol. The van der Waals surface area contributed by atoms with E-state index in [-0.39, 0.29) is 6.54 Å². The second kappa shape index (κ2) is 5.00. The van der Waals surface area contributed by atoms with Gasteiger partial charge in [-0.05, 0) is 5.56 Å². The molecule has 3 N–H and O–H groups in total. The summed E-state index contributed by atoms with van der Waals surface area (Å²) in [6.07, 6.45) is 3.27. The van der Waals surface area contributed by atoms with E-state index in [1.807, 2.05) is 36.5 Å². The smallest absolute Gasteiger partial charge is 0.322 e. The van der Waals surface area contributed by atoms with E-state index in [0.29, 0.717) is 11.3 Å². The molecular formula is C14H12N4O2. The molecule has 6 nitrogen and oxygen atoms in total. The average Bonchev–Trinajstić information content (AvgIpc) is 2.90. The maximum atomic E-state index is 10.6. The summed E-state index contributed by atoms with van der Waals surface area (Å²) in [5, 5.41) is 11.5. The van der Waals surface area contributed by atoms with E-state index < -0.39 is 5.97 Å². The first-order chi connectivity index (χ1) is 9.75. The minimum absolute atomic E-state index is 0.189. The molecule has 0 radical (unpaired) electrons. The molecule has 6 heteroatoms. The SMILES string of the molecule is O=C(O)CNc1ncnc2c(-c3ccccc3)c[nH]c12. The van der Waals surface area contributed by atoms with Crippen molar-refractivity contribution in [3.63, 3.8) is 0 Å². The Kier molecular flexibility index (Phi) is 3.04. The fraction of sp³-hybridized carbons (Fsp3) is 0.0714. The fourth-order valence-electron chi connectivity index (χ4n) is 2.07. The number of H-pyrrole nitrogens is 1. The molecule has 0 atom stereocenters. The molecule has 0 amide bonds. The molecule has 0 unspecified atom stereocenters. The van der Waals surface area contributed by atoms with Gasteiger partial charge in [-0.3, -0.25) is 4.79 Å².